The topological polar surface area (TPSA) is 82.2 Å². The second-order valence-corrected chi connectivity index (χ2v) is 6.42. The molecule has 0 bridgehead atoms. The molecule has 1 aromatic heterocycles. The summed E-state index contributed by atoms with van der Waals surface area (Å²) in [6.07, 6.45) is 1.36. The molecule has 0 aliphatic heterocycles. The zero-order valence-electron chi connectivity index (χ0n) is 13.6. The number of aromatic nitrogens is 2. The summed E-state index contributed by atoms with van der Waals surface area (Å²) < 4.78 is 7.20. The predicted octanol–water partition coefficient (Wildman–Crippen LogP) is 2.14. The SMILES string of the molecule is Cn1cnc2cc(C(CN)CNC(=O)OC(C)(C)C)ccc21. The standard InChI is InChI=1S/C16H24N4O2/c1-16(2,3)22-15(21)18-9-12(8-17)11-5-6-14-13(7-11)19-10-20(14)4/h5-7,10,12H,8-9,17H2,1-4H3,(H,18,21). The molecular weight excluding hydrogens is 280 g/mol. The molecule has 120 valence electrons. The molecule has 6 heteroatoms. The van der Waals surface area contributed by atoms with Gasteiger partial charge in [-0.15, -0.1) is 0 Å². The van der Waals surface area contributed by atoms with Gasteiger partial charge in [0.05, 0.1) is 17.4 Å². The molecule has 3 N–H and O–H groups in total. The van der Waals surface area contributed by atoms with E-state index < -0.39 is 11.7 Å². The van der Waals surface area contributed by atoms with Gasteiger partial charge < -0.3 is 20.4 Å². The second-order valence-electron chi connectivity index (χ2n) is 6.42. The molecule has 2 aromatic rings. The maximum atomic E-state index is 11.7. The number of nitrogens with zero attached hydrogens (tertiary/aromatic N) is 2. The van der Waals surface area contributed by atoms with Crippen molar-refractivity contribution in [2.24, 2.45) is 12.8 Å². The van der Waals surface area contributed by atoms with Gasteiger partial charge in [-0.05, 0) is 38.5 Å². The number of amides is 1. The molecule has 22 heavy (non-hydrogen) atoms. The minimum absolute atomic E-state index is 0.0268. The number of rotatable bonds is 4. The van der Waals surface area contributed by atoms with Crippen LogP contribution in [0.3, 0.4) is 0 Å². The van der Waals surface area contributed by atoms with Crippen molar-refractivity contribution in [3.05, 3.63) is 30.1 Å². The monoisotopic (exact) mass is 304 g/mol. The maximum Gasteiger partial charge on any atom is 0.407 e. The third-order valence-corrected chi connectivity index (χ3v) is 3.40. The minimum Gasteiger partial charge on any atom is -0.444 e. The highest BCUT2D eigenvalue weighted by Gasteiger charge is 2.18. The zero-order valence-corrected chi connectivity index (χ0v) is 13.6. The Hall–Kier alpha value is -2.08. The van der Waals surface area contributed by atoms with Crippen molar-refractivity contribution >= 4 is 17.1 Å². The van der Waals surface area contributed by atoms with Gasteiger partial charge in [0.25, 0.3) is 0 Å². The molecule has 0 spiro atoms. The van der Waals surface area contributed by atoms with Crippen molar-refractivity contribution in [2.45, 2.75) is 32.3 Å². The van der Waals surface area contributed by atoms with Crippen LogP contribution < -0.4 is 11.1 Å². The fraction of sp³-hybridized carbons (Fsp3) is 0.500. The summed E-state index contributed by atoms with van der Waals surface area (Å²) in [6.45, 7) is 6.38. The van der Waals surface area contributed by atoms with E-state index in [1.807, 2.05) is 50.6 Å². The molecule has 0 saturated heterocycles. The first-order valence-electron chi connectivity index (χ1n) is 7.38. The fourth-order valence-electron chi connectivity index (χ4n) is 2.27. The summed E-state index contributed by atoms with van der Waals surface area (Å²) >= 11 is 0. The number of alkyl carbamates (subject to hydrolysis) is 1. The first-order valence-corrected chi connectivity index (χ1v) is 7.38. The number of carbonyl (C=O) groups is 1. The quantitative estimate of drug-likeness (QED) is 0.906. The number of ether oxygens (including phenoxy) is 1. The van der Waals surface area contributed by atoms with Crippen molar-refractivity contribution in [3.8, 4) is 0 Å². The smallest absolute Gasteiger partial charge is 0.407 e. The molecule has 1 atom stereocenters. The Morgan fingerprint density at radius 1 is 1.45 bits per heavy atom. The van der Waals surface area contributed by atoms with E-state index in [0.29, 0.717) is 13.1 Å². The van der Waals surface area contributed by atoms with Crippen LogP contribution in [0.15, 0.2) is 24.5 Å². The van der Waals surface area contributed by atoms with Crippen LogP contribution in [0.4, 0.5) is 4.79 Å². The number of benzene rings is 1. The number of nitrogens with two attached hydrogens (primary N) is 1. The lowest BCUT2D eigenvalue weighted by molar-refractivity contribution is 0.0525. The third kappa shape index (κ3) is 3.98. The molecule has 2 rings (SSSR count). The molecule has 1 amide bonds. The molecule has 1 unspecified atom stereocenters. The van der Waals surface area contributed by atoms with Gasteiger partial charge in [0.15, 0.2) is 0 Å². The van der Waals surface area contributed by atoms with Crippen molar-refractivity contribution in [3.63, 3.8) is 0 Å². The molecule has 1 heterocycles. The van der Waals surface area contributed by atoms with Gasteiger partial charge >= 0.3 is 6.09 Å². The van der Waals surface area contributed by atoms with Crippen LogP contribution >= 0.6 is 0 Å². The van der Waals surface area contributed by atoms with Gasteiger partial charge in [-0.1, -0.05) is 6.07 Å². The number of hydrogen-bond acceptors (Lipinski definition) is 4. The molecule has 0 fully saturated rings. The number of imidazole rings is 1. The molecule has 1 aromatic carbocycles. The van der Waals surface area contributed by atoms with Gasteiger partial charge in [-0.3, -0.25) is 0 Å². The van der Waals surface area contributed by atoms with E-state index in [2.05, 4.69) is 10.3 Å². The van der Waals surface area contributed by atoms with Crippen LogP contribution in [0.2, 0.25) is 0 Å². The average Bonchev–Trinajstić information content (AvgIpc) is 2.79. The summed E-state index contributed by atoms with van der Waals surface area (Å²) in [5, 5.41) is 2.78. The molecular formula is C16H24N4O2. The predicted molar refractivity (Wildman–Crippen MR) is 86.7 cm³/mol. The summed E-state index contributed by atoms with van der Waals surface area (Å²) in [5.74, 6) is 0.0268. The number of hydrogen-bond donors (Lipinski definition) is 2. The first kappa shape index (κ1) is 16.3. The Balaban J connectivity index is 2.05. The third-order valence-electron chi connectivity index (χ3n) is 3.40. The van der Waals surface area contributed by atoms with Gasteiger partial charge in [0, 0.05) is 26.1 Å². The van der Waals surface area contributed by atoms with Crippen LogP contribution in [-0.4, -0.2) is 34.3 Å². The highest BCUT2D eigenvalue weighted by Crippen LogP contribution is 2.20. The van der Waals surface area contributed by atoms with Gasteiger partial charge in [-0.2, -0.15) is 0 Å². The highest BCUT2D eigenvalue weighted by atomic mass is 16.6. The van der Waals surface area contributed by atoms with E-state index in [0.717, 1.165) is 16.6 Å². The number of nitrogens with one attached hydrogen (secondary N) is 1. The zero-order chi connectivity index (χ0) is 16.3. The van der Waals surface area contributed by atoms with E-state index in [1.54, 1.807) is 6.33 Å². The van der Waals surface area contributed by atoms with Crippen LogP contribution in [0.1, 0.15) is 32.3 Å². The molecule has 0 saturated carbocycles. The van der Waals surface area contributed by atoms with Crippen molar-refractivity contribution in [1.29, 1.82) is 0 Å². The van der Waals surface area contributed by atoms with Gasteiger partial charge in [0.1, 0.15) is 5.60 Å². The second kappa shape index (κ2) is 6.36. The van der Waals surface area contributed by atoms with Gasteiger partial charge in [-0.25, -0.2) is 9.78 Å². The number of fused-ring (bicyclic) bond motifs is 1. The van der Waals surface area contributed by atoms with Crippen molar-refractivity contribution in [2.75, 3.05) is 13.1 Å². The van der Waals surface area contributed by atoms with Crippen LogP contribution in [-0.2, 0) is 11.8 Å². The van der Waals surface area contributed by atoms with Crippen molar-refractivity contribution < 1.29 is 9.53 Å². The fourth-order valence-corrected chi connectivity index (χ4v) is 2.27. The Morgan fingerprint density at radius 3 is 2.82 bits per heavy atom. The van der Waals surface area contributed by atoms with E-state index >= 15 is 0 Å². The lowest BCUT2D eigenvalue weighted by Gasteiger charge is -2.21. The first-order chi connectivity index (χ1) is 10.3. The Labute approximate surface area is 130 Å². The summed E-state index contributed by atoms with van der Waals surface area (Å²) in [5.41, 5.74) is 8.40. The molecule has 0 radical (unpaired) electrons. The van der Waals surface area contributed by atoms with Gasteiger partial charge in [0.2, 0.25) is 0 Å². The Bertz CT molecular complexity index is 658. The highest BCUT2D eigenvalue weighted by molar-refractivity contribution is 5.76. The number of aryl methyl sites for hydroxylation is 1. The van der Waals surface area contributed by atoms with E-state index in [9.17, 15) is 4.79 Å². The molecule has 6 nitrogen and oxygen atoms in total. The summed E-state index contributed by atoms with van der Waals surface area (Å²) in [7, 11) is 1.96. The van der Waals surface area contributed by atoms with Crippen LogP contribution in [0.5, 0.6) is 0 Å². The average molecular weight is 304 g/mol. The minimum atomic E-state index is -0.505. The molecule has 0 aliphatic carbocycles. The lowest BCUT2D eigenvalue weighted by Crippen LogP contribution is -2.36. The lowest BCUT2D eigenvalue weighted by atomic mass is 9.99. The van der Waals surface area contributed by atoms with E-state index in [4.69, 9.17) is 10.5 Å². The Kier molecular flexibility index (Phi) is 4.71. The molecule has 0 aliphatic rings. The van der Waals surface area contributed by atoms with Crippen LogP contribution in [0.25, 0.3) is 11.0 Å². The number of carbonyl (C=O) groups excluding carboxylic acids is 1. The largest absolute Gasteiger partial charge is 0.444 e. The maximum absolute atomic E-state index is 11.7. The van der Waals surface area contributed by atoms with E-state index in [-0.39, 0.29) is 5.92 Å². The summed E-state index contributed by atoms with van der Waals surface area (Å²) in [6, 6.07) is 6.07. The van der Waals surface area contributed by atoms with Crippen LogP contribution in [0, 0.1) is 0 Å². The Morgan fingerprint density at radius 2 is 2.18 bits per heavy atom. The normalized spacial score (nSPS) is 13.1. The summed E-state index contributed by atoms with van der Waals surface area (Å²) in [4.78, 5) is 16.1. The van der Waals surface area contributed by atoms with E-state index in [1.165, 1.54) is 0 Å². The van der Waals surface area contributed by atoms with Crippen molar-refractivity contribution in [1.82, 2.24) is 14.9 Å².